The average molecular weight is 446 g/mol. The summed E-state index contributed by atoms with van der Waals surface area (Å²) in [6.45, 7) is 1.41. The molecule has 2 aromatic heterocycles. The first-order valence-corrected chi connectivity index (χ1v) is 9.67. The summed E-state index contributed by atoms with van der Waals surface area (Å²) in [5, 5.41) is 17.7. The van der Waals surface area contributed by atoms with Crippen LogP contribution >= 0.6 is 23.4 Å². The predicted octanol–water partition coefficient (Wildman–Crippen LogP) is 4.14. The summed E-state index contributed by atoms with van der Waals surface area (Å²) in [5.74, 6) is 0.524. The molecule has 2 heterocycles. The van der Waals surface area contributed by atoms with Gasteiger partial charge in [0.15, 0.2) is 16.6 Å². The van der Waals surface area contributed by atoms with E-state index >= 15 is 0 Å². The van der Waals surface area contributed by atoms with E-state index in [1.807, 2.05) is 0 Å². The van der Waals surface area contributed by atoms with E-state index in [2.05, 4.69) is 10.2 Å². The third kappa shape index (κ3) is 5.20. The Labute approximate surface area is 172 Å². The molecule has 0 saturated carbocycles. The number of benzene rings is 1. The third-order valence-electron chi connectivity index (χ3n) is 3.86. The number of rotatable bonds is 7. The summed E-state index contributed by atoms with van der Waals surface area (Å²) in [5.41, 5.74) is -0.281. The number of pyridine rings is 1. The second kappa shape index (κ2) is 8.60. The number of halogens is 4. The van der Waals surface area contributed by atoms with E-state index in [9.17, 15) is 23.1 Å². The van der Waals surface area contributed by atoms with Crippen LogP contribution < -0.4 is 4.74 Å². The highest BCUT2D eigenvalue weighted by atomic mass is 35.5. The van der Waals surface area contributed by atoms with Crippen molar-refractivity contribution in [3.63, 3.8) is 0 Å². The van der Waals surface area contributed by atoms with Crippen LogP contribution in [0.2, 0.25) is 5.02 Å². The monoisotopic (exact) mass is 445 g/mol. The highest BCUT2D eigenvalue weighted by Gasteiger charge is 2.32. The highest BCUT2D eigenvalue weighted by Crippen LogP contribution is 2.33. The minimum Gasteiger partial charge on any atom is -0.491 e. The van der Waals surface area contributed by atoms with Gasteiger partial charge in [0.2, 0.25) is 0 Å². The lowest BCUT2D eigenvalue weighted by Gasteiger charge is -2.12. The third-order valence-corrected chi connectivity index (χ3v) is 5.23. The Hall–Kier alpha value is -2.30. The molecule has 0 aliphatic carbocycles. The largest absolute Gasteiger partial charge is 0.491 e. The Balaban J connectivity index is 1.62. The number of aliphatic hydroxyl groups is 1. The summed E-state index contributed by atoms with van der Waals surface area (Å²) in [6.07, 6.45) is -4.61. The standard InChI is InChI=1S/C18H15ClF3N3O3S/c1-10(26)11-2-4-14(5-3-11)28-8-13(27)9-29-17-24-23-16-15(19)6-12(7-25(16)17)18(20,21)22/h2-7,13,27H,8-9H2,1H3. The number of hydrogen-bond donors (Lipinski definition) is 1. The molecule has 0 bridgehead atoms. The Morgan fingerprint density at radius 3 is 2.62 bits per heavy atom. The zero-order valence-corrected chi connectivity index (χ0v) is 16.6. The van der Waals surface area contributed by atoms with Crippen molar-refractivity contribution in [2.75, 3.05) is 12.4 Å². The molecule has 1 N–H and O–H groups in total. The summed E-state index contributed by atoms with van der Waals surface area (Å²) < 4.78 is 45.5. The number of Topliss-reactive ketones (excluding diaryl/α,β-unsaturated/α-hetero) is 1. The smallest absolute Gasteiger partial charge is 0.417 e. The van der Waals surface area contributed by atoms with Gasteiger partial charge in [0.05, 0.1) is 16.7 Å². The second-order valence-corrected chi connectivity index (χ2v) is 7.50. The van der Waals surface area contributed by atoms with Crippen molar-refractivity contribution in [2.24, 2.45) is 0 Å². The maximum atomic E-state index is 13.0. The van der Waals surface area contributed by atoms with Gasteiger partial charge in [0.25, 0.3) is 0 Å². The van der Waals surface area contributed by atoms with E-state index in [0.717, 1.165) is 28.4 Å². The molecule has 0 amide bonds. The lowest BCUT2D eigenvalue weighted by molar-refractivity contribution is -0.137. The minimum atomic E-state index is -4.56. The highest BCUT2D eigenvalue weighted by molar-refractivity contribution is 7.99. The van der Waals surface area contributed by atoms with Crippen LogP contribution in [0.5, 0.6) is 5.75 Å². The van der Waals surface area contributed by atoms with Crippen LogP contribution in [0, 0.1) is 0 Å². The number of ether oxygens (including phenoxy) is 1. The zero-order valence-electron chi connectivity index (χ0n) is 15.0. The van der Waals surface area contributed by atoms with Gasteiger partial charge in [-0.05, 0) is 37.3 Å². The van der Waals surface area contributed by atoms with Crippen LogP contribution in [0.1, 0.15) is 22.8 Å². The Morgan fingerprint density at radius 1 is 1.31 bits per heavy atom. The number of thioether (sulfide) groups is 1. The van der Waals surface area contributed by atoms with Crippen molar-refractivity contribution in [1.82, 2.24) is 14.6 Å². The van der Waals surface area contributed by atoms with Gasteiger partial charge in [-0.15, -0.1) is 10.2 Å². The average Bonchev–Trinajstić information content (AvgIpc) is 3.08. The van der Waals surface area contributed by atoms with Crippen LogP contribution in [0.4, 0.5) is 13.2 Å². The maximum Gasteiger partial charge on any atom is 0.417 e. The molecule has 0 aliphatic heterocycles. The molecule has 0 saturated heterocycles. The molecule has 0 spiro atoms. The number of ketones is 1. The second-order valence-electron chi connectivity index (χ2n) is 6.11. The quantitative estimate of drug-likeness (QED) is 0.435. The van der Waals surface area contributed by atoms with Crippen molar-refractivity contribution in [3.8, 4) is 5.75 Å². The molecule has 154 valence electrons. The van der Waals surface area contributed by atoms with Gasteiger partial charge in [-0.2, -0.15) is 13.2 Å². The molecule has 1 unspecified atom stereocenters. The van der Waals surface area contributed by atoms with Gasteiger partial charge in [-0.25, -0.2) is 0 Å². The summed E-state index contributed by atoms with van der Waals surface area (Å²) in [4.78, 5) is 11.2. The van der Waals surface area contributed by atoms with E-state index in [1.54, 1.807) is 24.3 Å². The number of aliphatic hydroxyl groups excluding tert-OH is 1. The molecule has 3 rings (SSSR count). The number of alkyl halides is 3. The first kappa shape index (κ1) is 21.4. The molecule has 3 aromatic rings. The number of hydrogen-bond acceptors (Lipinski definition) is 6. The van der Waals surface area contributed by atoms with E-state index in [4.69, 9.17) is 16.3 Å². The lowest BCUT2D eigenvalue weighted by Crippen LogP contribution is -2.20. The predicted molar refractivity (Wildman–Crippen MR) is 102 cm³/mol. The van der Waals surface area contributed by atoms with Crippen LogP contribution in [0.3, 0.4) is 0 Å². The van der Waals surface area contributed by atoms with E-state index in [-0.39, 0.29) is 34.0 Å². The molecule has 1 atom stereocenters. The number of nitrogens with zero attached hydrogens (tertiary/aromatic N) is 3. The van der Waals surface area contributed by atoms with E-state index < -0.39 is 17.8 Å². The van der Waals surface area contributed by atoms with Gasteiger partial charge in [-0.1, -0.05) is 23.4 Å². The van der Waals surface area contributed by atoms with Crippen molar-refractivity contribution in [1.29, 1.82) is 0 Å². The lowest BCUT2D eigenvalue weighted by atomic mass is 10.1. The Bertz CT molecular complexity index is 1020. The molecule has 11 heteroatoms. The number of carbonyl (C=O) groups excluding carboxylic acids is 1. The fourth-order valence-corrected chi connectivity index (χ4v) is 3.45. The van der Waals surface area contributed by atoms with Gasteiger partial charge in [-0.3, -0.25) is 9.20 Å². The molecular formula is C18H15ClF3N3O3S. The SMILES string of the molecule is CC(=O)c1ccc(OCC(O)CSc2nnc3c(Cl)cc(C(F)(F)F)cn23)cc1. The van der Waals surface area contributed by atoms with Crippen molar-refractivity contribution in [2.45, 2.75) is 24.4 Å². The summed E-state index contributed by atoms with van der Waals surface area (Å²) in [7, 11) is 0. The van der Waals surface area contributed by atoms with Crippen LogP contribution in [-0.2, 0) is 6.18 Å². The van der Waals surface area contributed by atoms with Crippen molar-refractivity contribution >= 4 is 34.8 Å². The van der Waals surface area contributed by atoms with E-state index in [1.165, 1.54) is 6.92 Å². The number of aromatic nitrogens is 3. The van der Waals surface area contributed by atoms with Crippen LogP contribution in [0.25, 0.3) is 5.65 Å². The molecular weight excluding hydrogens is 431 g/mol. The summed E-state index contributed by atoms with van der Waals surface area (Å²) in [6, 6.07) is 7.25. The first-order chi connectivity index (χ1) is 13.6. The normalized spacial score (nSPS) is 12.9. The fraction of sp³-hybridized carbons (Fsp3) is 0.278. The fourth-order valence-electron chi connectivity index (χ4n) is 2.38. The molecule has 0 fully saturated rings. The van der Waals surface area contributed by atoms with Crippen LogP contribution in [-0.4, -0.2) is 44.0 Å². The number of fused-ring (bicyclic) bond motifs is 1. The Morgan fingerprint density at radius 2 is 2.00 bits per heavy atom. The topological polar surface area (TPSA) is 76.7 Å². The molecule has 0 radical (unpaired) electrons. The molecule has 6 nitrogen and oxygen atoms in total. The van der Waals surface area contributed by atoms with Gasteiger partial charge >= 0.3 is 6.18 Å². The van der Waals surface area contributed by atoms with Gasteiger partial charge < -0.3 is 9.84 Å². The zero-order chi connectivity index (χ0) is 21.2. The van der Waals surface area contributed by atoms with Gasteiger partial charge in [0, 0.05) is 17.5 Å². The molecule has 29 heavy (non-hydrogen) atoms. The van der Waals surface area contributed by atoms with Gasteiger partial charge in [0.1, 0.15) is 12.4 Å². The van der Waals surface area contributed by atoms with Crippen LogP contribution in [0.15, 0.2) is 41.7 Å². The molecule has 0 aliphatic rings. The van der Waals surface area contributed by atoms with Crippen molar-refractivity contribution in [3.05, 3.63) is 52.7 Å². The summed E-state index contributed by atoms with van der Waals surface area (Å²) >= 11 is 6.89. The van der Waals surface area contributed by atoms with Crippen molar-refractivity contribution < 1.29 is 27.8 Å². The molecule has 1 aromatic carbocycles. The maximum absolute atomic E-state index is 13.0. The number of carbonyl (C=O) groups is 1. The first-order valence-electron chi connectivity index (χ1n) is 8.31. The Kier molecular flexibility index (Phi) is 6.35. The van der Waals surface area contributed by atoms with E-state index in [0.29, 0.717) is 11.3 Å². The minimum absolute atomic E-state index is 0.0439.